The van der Waals surface area contributed by atoms with E-state index >= 15 is 0 Å². The van der Waals surface area contributed by atoms with Crippen LogP contribution < -0.4 is 4.90 Å². The SMILES string of the molecule is Cc1cc(N2CCC(C(=O)N3CCCCCC3)CC2)c(C#N)c(C)n1. The molecule has 134 valence electrons. The van der Waals surface area contributed by atoms with E-state index in [4.69, 9.17) is 0 Å². The van der Waals surface area contributed by atoms with Gasteiger partial charge in [0.2, 0.25) is 5.91 Å². The van der Waals surface area contributed by atoms with Gasteiger partial charge in [0.05, 0.1) is 16.9 Å². The number of amides is 1. The Hall–Kier alpha value is -2.09. The lowest BCUT2D eigenvalue weighted by Gasteiger charge is -2.35. The van der Waals surface area contributed by atoms with Crippen LogP contribution in [0.2, 0.25) is 0 Å². The number of aryl methyl sites for hydroxylation is 2. The van der Waals surface area contributed by atoms with Gasteiger partial charge in [0.25, 0.3) is 0 Å². The fraction of sp³-hybridized carbons (Fsp3) is 0.650. The van der Waals surface area contributed by atoms with Crippen LogP contribution in [0.25, 0.3) is 0 Å². The third kappa shape index (κ3) is 3.95. The van der Waals surface area contributed by atoms with Gasteiger partial charge in [-0.15, -0.1) is 0 Å². The topological polar surface area (TPSA) is 60.2 Å². The Morgan fingerprint density at radius 1 is 1.12 bits per heavy atom. The first-order valence-electron chi connectivity index (χ1n) is 9.52. The molecular formula is C20H28N4O. The van der Waals surface area contributed by atoms with Gasteiger partial charge in [-0.25, -0.2) is 0 Å². The van der Waals surface area contributed by atoms with Crippen molar-refractivity contribution < 1.29 is 4.79 Å². The lowest BCUT2D eigenvalue weighted by molar-refractivity contribution is -0.136. The molecule has 0 unspecified atom stereocenters. The van der Waals surface area contributed by atoms with Crippen LogP contribution in [-0.2, 0) is 4.79 Å². The van der Waals surface area contributed by atoms with Crippen LogP contribution in [0.15, 0.2) is 6.07 Å². The minimum absolute atomic E-state index is 0.143. The van der Waals surface area contributed by atoms with Crippen molar-refractivity contribution in [3.8, 4) is 6.07 Å². The molecule has 0 spiro atoms. The number of carbonyl (C=O) groups excluding carboxylic acids is 1. The van der Waals surface area contributed by atoms with E-state index in [1.54, 1.807) is 0 Å². The number of anilines is 1. The van der Waals surface area contributed by atoms with E-state index in [1.165, 1.54) is 12.8 Å². The lowest BCUT2D eigenvalue weighted by Crippen LogP contribution is -2.43. The van der Waals surface area contributed by atoms with Crippen LogP contribution in [0, 0.1) is 31.1 Å². The maximum Gasteiger partial charge on any atom is 0.225 e. The second-order valence-corrected chi connectivity index (χ2v) is 7.36. The van der Waals surface area contributed by atoms with Crippen molar-refractivity contribution in [3.63, 3.8) is 0 Å². The zero-order chi connectivity index (χ0) is 17.8. The molecule has 2 saturated heterocycles. The number of pyridine rings is 1. The molecule has 2 fully saturated rings. The standard InChI is InChI=1S/C20H28N4O/c1-15-13-19(18(14-21)16(2)22-15)23-11-7-17(8-12-23)20(25)24-9-5-3-4-6-10-24/h13,17H,3-12H2,1-2H3. The van der Waals surface area contributed by atoms with E-state index in [2.05, 4.69) is 20.9 Å². The van der Waals surface area contributed by atoms with Crippen LogP contribution in [-0.4, -0.2) is 42.0 Å². The monoisotopic (exact) mass is 340 g/mol. The Bertz CT molecular complexity index is 663. The minimum Gasteiger partial charge on any atom is -0.370 e. The normalized spacial score (nSPS) is 19.4. The number of likely N-dealkylation sites (tertiary alicyclic amines) is 1. The zero-order valence-corrected chi connectivity index (χ0v) is 15.4. The quantitative estimate of drug-likeness (QED) is 0.829. The molecule has 1 amide bonds. The highest BCUT2D eigenvalue weighted by molar-refractivity contribution is 5.79. The van der Waals surface area contributed by atoms with Gasteiger partial charge in [0, 0.05) is 37.8 Å². The van der Waals surface area contributed by atoms with Crippen LogP contribution in [0.1, 0.15) is 55.5 Å². The van der Waals surface area contributed by atoms with Crippen LogP contribution in [0.4, 0.5) is 5.69 Å². The van der Waals surface area contributed by atoms with E-state index in [9.17, 15) is 10.1 Å². The van der Waals surface area contributed by atoms with Gasteiger partial charge >= 0.3 is 0 Å². The number of hydrogen-bond acceptors (Lipinski definition) is 4. The number of piperidine rings is 1. The molecule has 0 N–H and O–H groups in total. The first kappa shape index (κ1) is 17.7. The highest BCUT2D eigenvalue weighted by Gasteiger charge is 2.29. The van der Waals surface area contributed by atoms with Crippen molar-refractivity contribution in [2.45, 2.75) is 52.4 Å². The predicted molar refractivity (Wildman–Crippen MR) is 98.4 cm³/mol. The molecule has 0 aliphatic carbocycles. The third-order valence-corrected chi connectivity index (χ3v) is 5.52. The fourth-order valence-electron chi connectivity index (χ4n) is 4.11. The minimum atomic E-state index is 0.143. The summed E-state index contributed by atoms with van der Waals surface area (Å²) in [7, 11) is 0. The van der Waals surface area contributed by atoms with Gasteiger partial charge in [0.15, 0.2) is 0 Å². The molecule has 2 aliphatic heterocycles. The smallest absolute Gasteiger partial charge is 0.225 e. The molecule has 5 nitrogen and oxygen atoms in total. The molecule has 3 rings (SSSR count). The van der Waals surface area contributed by atoms with Gasteiger partial charge in [-0.2, -0.15) is 5.26 Å². The highest BCUT2D eigenvalue weighted by atomic mass is 16.2. The summed E-state index contributed by atoms with van der Waals surface area (Å²) >= 11 is 0. The number of aromatic nitrogens is 1. The molecular weight excluding hydrogens is 312 g/mol. The average Bonchev–Trinajstić information content (AvgIpc) is 2.90. The second-order valence-electron chi connectivity index (χ2n) is 7.36. The van der Waals surface area contributed by atoms with Crippen molar-refractivity contribution in [2.75, 3.05) is 31.1 Å². The summed E-state index contributed by atoms with van der Waals surface area (Å²) in [6.07, 6.45) is 6.54. The Labute approximate surface area is 150 Å². The molecule has 5 heteroatoms. The predicted octanol–water partition coefficient (Wildman–Crippen LogP) is 3.19. The van der Waals surface area contributed by atoms with Crippen LogP contribution in [0.5, 0.6) is 0 Å². The number of rotatable bonds is 2. The van der Waals surface area contributed by atoms with Gasteiger partial charge in [-0.1, -0.05) is 12.8 Å². The second kappa shape index (κ2) is 7.86. The Balaban J connectivity index is 1.66. The molecule has 0 bridgehead atoms. The number of nitriles is 1. The molecule has 0 saturated carbocycles. The maximum atomic E-state index is 12.8. The highest BCUT2D eigenvalue weighted by Crippen LogP contribution is 2.29. The van der Waals surface area contributed by atoms with Crippen molar-refractivity contribution in [3.05, 3.63) is 23.0 Å². The maximum absolute atomic E-state index is 12.8. The first-order chi connectivity index (χ1) is 12.1. The van der Waals surface area contributed by atoms with E-state index in [-0.39, 0.29) is 5.92 Å². The first-order valence-corrected chi connectivity index (χ1v) is 9.52. The summed E-state index contributed by atoms with van der Waals surface area (Å²) < 4.78 is 0. The fourth-order valence-corrected chi connectivity index (χ4v) is 4.11. The lowest BCUT2D eigenvalue weighted by atomic mass is 9.94. The summed E-state index contributed by atoms with van der Waals surface area (Å²) in [5.74, 6) is 0.494. The molecule has 2 aliphatic rings. The molecule has 0 radical (unpaired) electrons. The Morgan fingerprint density at radius 2 is 1.76 bits per heavy atom. The summed E-state index contributed by atoms with van der Waals surface area (Å²) in [5, 5.41) is 9.48. The van der Waals surface area contributed by atoms with Crippen LogP contribution >= 0.6 is 0 Å². The van der Waals surface area contributed by atoms with Gasteiger partial charge in [-0.3, -0.25) is 9.78 Å². The molecule has 3 heterocycles. The van der Waals surface area contributed by atoms with Gasteiger partial charge in [-0.05, 0) is 45.6 Å². The number of hydrogen-bond donors (Lipinski definition) is 0. The van der Waals surface area contributed by atoms with Gasteiger partial charge < -0.3 is 9.80 Å². The third-order valence-electron chi connectivity index (χ3n) is 5.52. The molecule has 0 atom stereocenters. The summed E-state index contributed by atoms with van der Waals surface area (Å²) in [4.78, 5) is 21.6. The summed E-state index contributed by atoms with van der Waals surface area (Å²) in [6, 6.07) is 4.30. The van der Waals surface area contributed by atoms with E-state index < -0.39 is 0 Å². The van der Waals surface area contributed by atoms with Crippen molar-refractivity contribution in [1.29, 1.82) is 5.26 Å². The molecule has 1 aromatic rings. The number of nitrogens with zero attached hydrogens (tertiary/aromatic N) is 4. The van der Waals surface area contributed by atoms with E-state index in [1.807, 2.05) is 19.9 Å². The summed E-state index contributed by atoms with van der Waals surface area (Å²) in [5.41, 5.74) is 3.38. The van der Waals surface area contributed by atoms with Crippen molar-refractivity contribution in [2.24, 2.45) is 5.92 Å². The Kier molecular flexibility index (Phi) is 5.57. The number of carbonyl (C=O) groups is 1. The van der Waals surface area contributed by atoms with Gasteiger partial charge in [0.1, 0.15) is 6.07 Å². The Morgan fingerprint density at radius 3 is 2.36 bits per heavy atom. The van der Waals surface area contributed by atoms with Crippen molar-refractivity contribution >= 4 is 11.6 Å². The zero-order valence-electron chi connectivity index (χ0n) is 15.4. The molecule has 0 aromatic carbocycles. The summed E-state index contributed by atoms with van der Waals surface area (Å²) in [6.45, 7) is 7.39. The average molecular weight is 340 g/mol. The van der Waals surface area contributed by atoms with E-state index in [0.717, 1.165) is 68.9 Å². The molecule has 25 heavy (non-hydrogen) atoms. The van der Waals surface area contributed by atoms with Crippen molar-refractivity contribution in [1.82, 2.24) is 9.88 Å². The van der Waals surface area contributed by atoms with Crippen LogP contribution in [0.3, 0.4) is 0 Å². The molecule has 1 aromatic heterocycles. The van der Waals surface area contributed by atoms with E-state index in [0.29, 0.717) is 11.5 Å². The largest absolute Gasteiger partial charge is 0.370 e.